The number of aromatic nitrogens is 1. The van der Waals surface area contributed by atoms with Gasteiger partial charge in [0.15, 0.2) is 0 Å². The quantitative estimate of drug-likeness (QED) is 0.855. The number of carbonyl (C=O) groups excluding carboxylic acids is 1. The Bertz CT molecular complexity index is 450. The van der Waals surface area contributed by atoms with Crippen LogP contribution in [0.5, 0.6) is 0 Å². The number of amides is 1. The standard InChI is InChI=1S/C14H18N2O3/c17-13(8-5-10-3-1-2-4-10)16-11-6-7-12(14(18)19)15-9-11/h6-7,9-10H,1-5,8H2,(H,16,17)(H,18,19). The summed E-state index contributed by atoms with van der Waals surface area (Å²) in [4.78, 5) is 26.1. The lowest BCUT2D eigenvalue weighted by Gasteiger charge is -2.09. The van der Waals surface area contributed by atoms with Crippen LogP contribution < -0.4 is 5.32 Å². The van der Waals surface area contributed by atoms with Crippen molar-refractivity contribution < 1.29 is 14.7 Å². The van der Waals surface area contributed by atoms with Crippen molar-refractivity contribution in [2.24, 2.45) is 5.92 Å². The van der Waals surface area contributed by atoms with Crippen LogP contribution in [0.3, 0.4) is 0 Å². The summed E-state index contributed by atoms with van der Waals surface area (Å²) in [5.41, 5.74) is 0.519. The number of hydrogen-bond acceptors (Lipinski definition) is 3. The molecule has 1 aliphatic carbocycles. The molecule has 1 saturated carbocycles. The summed E-state index contributed by atoms with van der Waals surface area (Å²) >= 11 is 0. The Kier molecular flexibility index (Phi) is 4.49. The molecule has 5 nitrogen and oxygen atoms in total. The Labute approximate surface area is 112 Å². The zero-order chi connectivity index (χ0) is 13.7. The van der Waals surface area contributed by atoms with E-state index in [1.54, 1.807) is 6.07 Å². The van der Waals surface area contributed by atoms with Crippen LogP contribution in [0.15, 0.2) is 18.3 Å². The lowest BCUT2D eigenvalue weighted by molar-refractivity contribution is -0.116. The highest BCUT2D eigenvalue weighted by Gasteiger charge is 2.16. The predicted molar refractivity (Wildman–Crippen MR) is 71.0 cm³/mol. The monoisotopic (exact) mass is 262 g/mol. The normalized spacial score (nSPS) is 15.4. The van der Waals surface area contributed by atoms with Crippen molar-refractivity contribution in [2.45, 2.75) is 38.5 Å². The molecule has 2 N–H and O–H groups in total. The van der Waals surface area contributed by atoms with Crippen LogP contribution in [0.2, 0.25) is 0 Å². The number of aromatic carboxylic acids is 1. The van der Waals surface area contributed by atoms with E-state index >= 15 is 0 Å². The second kappa shape index (κ2) is 6.31. The van der Waals surface area contributed by atoms with Crippen molar-refractivity contribution in [3.8, 4) is 0 Å². The molecule has 1 fully saturated rings. The molecule has 0 saturated heterocycles. The van der Waals surface area contributed by atoms with Crippen LogP contribution in [0.4, 0.5) is 5.69 Å². The summed E-state index contributed by atoms with van der Waals surface area (Å²) < 4.78 is 0. The molecule has 0 aromatic carbocycles. The number of hydrogen-bond donors (Lipinski definition) is 2. The Morgan fingerprint density at radius 1 is 1.32 bits per heavy atom. The molecule has 0 aliphatic heterocycles. The van der Waals surface area contributed by atoms with Gasteiger partial charge in [0.2, 0.25) is 5.91 Å². The molecule has 5 heteroatoms. The molecular formula is C14H18N2O3. The molecule has 0 radical (unpaired) electrons. The van der Waals surface area contributed by atoms with Gasteiger partial charge in [-0.25, -0.2) is 9.78 Å². The highest BCUT2D eigenvalue weighted by atomic mass is 16.4. The van der Waals surface area contributed by atoms with Crippen molar-refractivity contribution in [2.75, 3.05) is 5.32 Å². The van der Waals surface area contributed by atoms with Crippen LogP contribution in [0.1, 0.15) is 49.0 Å². The van der Waals surface area contributed by atoms with Crippen LogP contribution >= 0.6 is 0 Å². The largest absolute Gasteiger partial charge is 0.477 e. The number of nitrogens with zero attached hydrogens (tertiary/aromatic N) is 1. The summed E-state index contributed by atoms with van der Waals surface area (Å²) in [6.45, 7) is 0. The fourth-order valence-electron chi connectivity index (χ4n) is 2.45. The summed E-state index contributed by atoms with van der Waals surface area (Å²) in [5, 5.41) is 11.5. The van der Waals surface area contributed by atoms with E-state index in [0.717, 1.165) is 6.42 Å². The molecule has 0 bridgehead atoms. The van der Waals surface area contributed by atoms with Crippen molar-refractivity contribution in [3.63, 3.8) is 0 Å². The van der Waals surface area contributed by atoms with E-state index in [1.165, 1.54) is 37.9 Å². The fraction of sp³-hybridized carbons (Fsp3) is 0.500. The molecular weight excluding hydrogens is 244 g/mol. The third-order valence-electron chi connectivity index (χ3n) is 3.52. The Morgan fingerprint density at radius 2 is 2.05 bits per heavy atom. The van der Waals surface area contributed by atoms with Gasteiger partial charge >= 0.3 is 5.97 Å². The third-order valence-corrected chi connectivity index (χ3v) is 3.52. The maximum atomic E-state index is 11.7. The van der Waals surface area contributed by atoms with Gasteiger partial charge in [0.1, 0.15) is 5.69 Å². The first-order chi connectivity index (χ1) is 9.15. The van der Waals surface area contributed by atoms with Gasteiger partial charge in [0, 0.05) is 6.42 Å². The second-order valence-electron chi connectivity index (χ2n) is 4.97. The molecule has 0 spiro atoms. The van der Waals surface area contributed by atoms with Crippen molar-refractivity contribution in [1.82, 2.24) is 4.98 Å². The molecule has 1 aromatic heterocycles. The molecule has 1 amide bonds. The molecule has 0 unspecified atom stereocenters. The summed E-state index contributed by atoms with van der Waals surface area (Å²) in [5.74, 6) is -0.408. The van der Waals surface area contributed by atoms with Gasteiger partial charge in [0.25, 0.3) is 0 Å². The van der Waals surface area contributed by atoms with E-state index in [-0.39, 0.29) is 11.6 Å². The summed E-state index contributed by atoms with van der Waals surface area (Å²) in [6.07, 6.45) is 7.87. The second-order valence-corrected chi connectivity index (χ2v) is 4.97. The number of nitrogens with one attached hydrogen (secondary N) is 1. The molecule has 1 aromatic rings. The minimum absolute atomic E-state index is 0.0241. The molecule has 0 atom stereocenters. The first kappa shape index (κ1) is 13.5. The fourth-order valence-corrected chi connectivity index (χ4v) is 2.45. The number of pyridine rings is 1. The highest BCUT2D eigenvalue weighted by Crippen LogP contribution is 2.28. The van der Waals surface area contributed by atoms with Gasteiger partial charge in [-0.3, -0.25) is 4.79 Å². The van der Waals surface area contributed by atoms with Gasteiger partial charge in [0.05, 0.1) is 11.9 Å². The van der Waals surface area contributed by atoms with Gasteiger partial charge in [-0.15, -0.1) is 0 Å². The number of rotatable bonds is 5. The van der Waals surface area contributed by atoms with Crippen LogP contribution in [-0.4, -0.2) is 22.0 Å². The minimum atomic E-state index is -1.07. The zero-order valence-corrected chi connectivity index (χ0v) is 10.8. The van der Waals surface area contributed by atoms with Crippen molar-refractivity contribution in [3.05, 3.63) is 24.0 Å². The van der Waals surface area contributed by atoms with Gasteiger partial charge in [-0.2, -0.15) is 0 Å². The zero-order valence-electron chi connectivity index (χ0n) is 10.8. The van der Waals surface area contributed by atoms with E-state index < -0.39 is 5.97 Å². The maximum Gasteiger partial charge on any atom is 0.354 e. The Morgan fingerprint density at radius 3 is 2.63 bits per heavy atom. The maximum absolute atomic E-state index is 11.7. The molecule has 2 rings (SSSR count). The number of carboxylic acid groups (broad SMARTS) is 1. The molecule has 1 aliphatic rings. The van der Waals surface area contributed by atoms with Crippen LogP contribution in [0.25, 0.3) is 0 Å². The van der Waals surface area contributed by atoms with E-state index in [1.807, 2.05) is 0 Å². The number of carbonyl (C=O) groups is 2. The first-order valence-corrected chi connectivity index (χ1v) is 6.64. The Balaban J connectivity index is 1.79. The number of anilines is 1. The molecule has 1 heterocycles. The lowest BCUT2D eigenvalue weighted by Crippen LogP contribution is -2.13. The topological polar surface area (TPSA) is 79.3 Å². The van der Waals surface area contributed by atoms with E-state index in [4.69, 9.17) is 5.11 Å². The average molecular weight is 262 g/mol. The average Bonchev–Trinajstić information content (AvgIpc) is 2.90. The van der Waals surface area contributed by atoms with Crippen molar-refractivity contribution in [1.29, 1.82) is 0 Å². The van der Waals surface area contributed by atoms with Crippen molar-refractivity contribution >= 4 is 17.6 Å². The third kappa shape index (κ3) is 4.05. The predicted octanol–water partition coefficient (Wildman–Crippen LogP) is 2.69. The lowest BCUT2D eigenvalue weighted by atomic mass is 10.0. The molecule has 102 valence electrons. The minimum Gasteiger partial charge on any atom is -0.477 e. The molecule has 19 heavy (non-hydrogen) atoms. The van der Waals surface area contributed by atoms with Gasteiger partial charge in [-0.05, 0) is 24.5 Å². The first-order valence-electron chi connectivity index (χ1n) is 6.64. The highest BCUT2D eigenvalue weighted by molar-refractivity contribution is 5.91. The van der Waals surface area contributed by atoms with E-state index in [2.05, 4.69) is 10.3 Å². The van der Waals surface area contributed by atoms with Gasteiger partial charge < -0.3 is 10.4 Å². The Hall–Kier alpha value is -1.91. The SMILES string of the molecule is O=C(CCC1CCCC1)Nc1ccc(C(=O)O)nc1. The number of carboxylic acids is 1. The smallest absolute Gasteiger partial charge is 0.354 e. The van der Waals surface area contributed by atoms with Crippen LogP contribution in [-0.2, 0) is 4.79 Å². The van der Waals surface area contributed by atoms with Crippen LogP contribution in [0, 0.1) is 5.92 Å². The van der Waals surface area contributed by atoms with E-state index in [0.29, 0.717) is 18.0 Å². The summed E-state index contributed by atoms with van der Waals surface area (Å²) in [6, 6.07) is 2.94. The van der Waals surface area contributed by atoms with Gasteiger partial charge in [-0.1, -0.05) is 25.7 Å². The summed E-state index contributed by atoms with van der Waals surface area (Å²) in [7, 11) is 0. The van der Waals surface area contributed by atoms with E-state index in [9.17, 15) is 9.59 Å².